The Hall–Kier alpha value is -3.95. The van der Waals surface area contributed by atoms with Gasteiger partial charge in [0.05, 0.1) is 33.4 Å². The van der Waals surface area contributed by atoms with Gasteiger partial charge in [-0.2, -0.15) is 5.26 Å². The molecule has 1 unspecified atom stereocenters. The highest BCUT2D eigenvalue weighted by Crippen LogP contribution is 2.28. The molecule has 7 heteroatoms. The zero-order chi connectivity index (χ0) is 28.9. The first kappa shape index (κ1) is 31.3. The minimum absolute atomic E-state index is 0.210. The van der Waals surface area contributed by atoms with Crippen LogP contribution in [0.3, 0.4) is 0 Å². The van der Waals surface area contributed by atoms with E-state index in [2.05, 4.69) is 73.1 Å². The zero-order valence-electron chi connectivity index (χ0n) is 24.0. The van der Waals surface area contributed by atoms with Crippen LogP contribution in [-0.2, 0) is 0 Å². The second-order valence-corrected chi connectivity index (χ2v) is 10.2. The van der Waals surface area contributed by atoms with Gasteiger partial charge >= 0.3 is 0 Å². The summed E-state index contributed by atoms with van der Waals surface area (Å²) in [5.74, 6) is 1.45. The number of nitrogens with one attached hydrogen (secondary N) is 4. The van der Waals surface area contributed by atoms with E-state index in [-0.39, 0.29) is 5.92 Å². The number of halogens is 1. The molecule has 0 aliphatic carbocycles. The summed E-state index contributed by atoms with van der Waals surface area (Å²) in [6.45, 7) is 19.3. The second-order valence-electron chi connectivity index (χ2n) is 9.74. The van der Waals surface area contributed by atoms with E-state index >= 15 is 0 Å². The molecular formula is C32H41ClN6. The third-order valence-corrected chi connectivity index (χ3v) is 6.25. The highest BCUT2D eigenvalue weighted by molar-refractivity contribution is 6.33. The maximum atomic E-state index is 9.32. The molecular weight excluding hydrogens is 504 g/mol. The van der Waals surface area contributed by atoms with Gasteiger partial charge in [-0.3, -0.25) is 0 Å². The minimum atomic E-state index is 0.210. The Morgan fingerprint density at radius 2 is 1.90 bits per heavy atom. The van der Waals surface area contributed by atoms with E-state index < -0.39 is 0 Å². The van der Waals surface area contributed by atoms with E-state index in [1.54, 1.807) is 12.2 Å². The van der Waals surface area contributed by atoms with Crippen LogP contribution in [0.5, 0.6) is 0 Å². The predicted molar refractivity (Wildman–Crippen MR) is 168 cm³/mol. The number of benzene rings is 2. The lowest BCUT2D eigenvalue weighted by atomic mass is 10.0. The van der Waals surface area contributed by atoms with E-state index in [0.29, 0.717) is 23.9 Å². The van der Waals surface area contributed by atoms with E-state index in [0.717, 1.165) is 50.7 Å². The van der Waals surface area contributed by atoms with Crippen molar-refractivity contribution in [3.05, 3.63) is 101 Å². The molecule has 4 N–H and O–H groups in total. The van der Waals surface area contributed by atoms with Crippen molar-refractivity contribution in [2.75, 3.05) is 25.5 Å². The van der Waals surface area contributed by atoms with Crippen LogP contribution in [0.25, 0.3) is 16.6 Å². The highest BCUT2D eigenvalue weighted by Gasteiger charge is 2.14. The molecule has 0 spiro atoms. The summed E-state index contributed by atoms with van der Waals surface area (Å²) < 4.78 is 0. The van der Waals surface area contributed by atoms with Crippen molar-refractivity contribution in [3.63, 3.8) is 0 Å². The fraction of sp³-hybridized carbons (Fsp3) is 0.312. The molecule has 1 atom stereocenters. The molecule has 6 nitrogen and oxygen atoms in total. The smallest absolute Gasteiger partial charge is 0.140 e. The van der Waals surface area contributed by atoms with Crippen molar-refractivity contribution in [2.45, 2.75) is 40.5 Å². The highest BCUT2D eigenvalue weighted by atomic mass is 35.5. The number of aromatic amines is 1. The van der Waals surface area contributed by atoms with Crippen LogP contribution in [-0.4, -0.2) is 30.1 Å². The first-order valence-electron chi connectivity index (χ1n) is 13.1. The normalized spacial score (nSPS) is 12.3. The predicted octanol–water partition coefficient (Wildman–Crippen LogP) is 7.68. The van der Waals surface area contributed by atoms with E-state index in [1.165, 1.54) is 0 Å². The third-order valence-electron chi connectivity index (χ3n) is 5.93. The molecule has 206 valence electrons. The number of fused-ring (bicyclic) bond motifs is 1. The number of rotatable bonds is 11. The van der Waals surface area contributed by atoms with Crippen LogP contribution >= 0.6 is 11.6 Å². The van der Waals surface area contributed by atoms with Crippen LogP contribution in [0.15, 0.2) is 73.6 Å². The monoisotopic (exact) mass is 544 g/mol. The van der Waals surface area contributed by atoms with Crippen molar-refractivity contribution < 1.29 is 0 Å². The summed E-state index contributed by atoms with van der Waals surface area (Å²) in [5.41, 5.74) is 7.06. The van der Waals surface area contributed by atoms with E-state index in [9.17, 15) is 5.26 Å². The summed E-state index contributed by atoms with van der Waals surface area (Å²) in [6.07, 6.45) is 7.37. The molecule has 0 aliphatic rings. The van der Waals surface area contributed by atoms with Gasteiger partial charge in [-0.1, -0.05) is 57.2 Å². The second kappa shape index (κ2) is 15.5. The zero-order valence-corrected chi connectivity index (χ0v) is 24.7. The first-order chi connectivity index (χ1) is 18.7. The van der Waals surface area contributed by atoms with Gasteiger partial charge in [0.1, 0.15) is 5.82 Å². The fourth-order valence-electron chi connectivity index (χ4n) is 3.90. The number of nitrogens with zero attached hydrogens (tertiary/aromatic N) is 2. The molecule has 0 saturated carbocycles. The average molecular weight is 545 g/mol. The van der Waals surface area contributed by atoms with Crippen molar-refractivity contribution >= 4 is 33.9 Å². The lowest BCUT2D eigenvalue weighted by Crippen LogP contribution is -2.20. The average Bonchev–Trinajstić information content (AvgIpc) is 3.34. The summed E-state index contributed by atoms with van der Waals surface area (Å²) in [4.78, 5) is 8.17. The van der Waals surface area contributed by atoms with Crippen molar-refractivity contribution in [1.82, 2.24) is 20.6 Å². The number of H-pyrrole nitrogens is 1. The van der Waals surface area contributed by atoms with Gasteiger partial charge in [0.25, 0.3) is 0 Å². The standard InChI is InChI=1S/C29H35ClN6.C3H6/c1-7-23(29-35-27-13-21(15-31)12-19(4)28(27)36-29)25(10-11-32-6)34-17-20(5)22-8-9-26(24(30)14-22)33-16-18(2)3;1-3-2/h7-14,18,20,32-34H,1,16-17H2,2-6H3,(H,35,36);3H,1H2,2H3/b11-10-,25-23-;. The van der Waals surface area contributed by atoms with E-state index in [4.69, 9.17) is 16.6 Å². The number of hydrogen-bond donors (Lipinski definition) is 4. The summed E-state index contributed by atoms with van der Waals surface area (Å²) in [5, 5.41) is 20.1. The number of imidazole rings is 1. The molecule has 1 aromatic heterocycles. The van der Waals surface area contributed by atoms with Crippen LogP contribution < -0.4 is 16.0 Å². The van der Waals surface area contributed by atoms with Crippen molar-refractivity contribution in [1.29, 1.82) is 5.26 Å². The molecule has 0 aliphatic heterocycles. The minimum Gasteiger partial charge on any atom is -0.394 e. The number of aromatic nitrogens is 2. The molecule has 1 heterocycles. The summed E-state index contributed by atoms with van der Waals surface area (Å²) in [7, 11) is 1.86. The lowest BCUT2D eigenvalue weighted by Gasteiger charge is -2.18. The van der Waals surface area contributed by atoms with Crippen LogP contribution in [0.4, 0.5) is 5.69 Å². The van der Waals surface area contributed by atoms with Gasteiger partial charge in [-0.25, -0.2) is 4.98 Å². The number of anilines is 1. The molecule has 0 fully saturated rings. The number of nitriles is 1. The quantitative estimate of drug-likeness (QED) is 0.147. The van der Waals surface area contributed by atoms with E-state index in [1.807, 2.05) is 51.4 Å². The number of aryl methyl sites for hydroxylation is 1. The Kier molecular flexibility index (Phi) is 12.4. The van der Waals surface area contributed by atoms with Crippen LogP contribution in [0.1, 0.15) is 56.1 Å². The molecule has 0 saturated heterocycles. The Bertz CT molecular complexity index is 1370. The molecule has 3 rings (SSSR count). The lowest BCUT2D eigenvalue weighted by molar-refractivity contribution is 0.685. The van der Waals surface area contributed by atoms with Gasteiger partial charge in [0, 0.05) is 31.4 Å². The topological polar surface area (TPSA) is 88.6 Å². The molecule has 0 bridgehead atoms. The summed E-state index contributed by atoms with van der Waals surface area (Å²) in [6, 6.07) is 12.1. The van der Waals surface area contributed by atoms with Crippen molar-refractivity contribution in [3.8, 4) is 6.07 Å². The Morgan fingerprint density at radius 3 is 2.49 bits per heavy atom. The van der Waals surface area contributed by atoms with Gasteiger partial charge < -0.3 is 20.9 Å². The molecule has 2 aromatic carbocycles. The number of hydrogen-bond acceptors (Lipinski definition) is 5. The summed E-state index contributed by atoms with van der Waals surface area (Å²) >= 11 is 6.56. The Morgan fingerprint density at radius 1 is 1.18 bits per heavy atom. The fourth-order valence-corrected chi connectivity index (χ4v) is 4.16. The Balaban J connectivity index is 0.00000170. The van der Waals surface area contributed by atoms with Gasteiger partial charge in [-0.15, -0.1) is 6.58 Å². The van der Waals surface area contributed by atoms with Gasteiger partial charge in [0.2, 0.25) is 0 Å². The maximum Gasteiger partial charge on any atom is 0.140 e. The molecule has 0 radical (unpaired) electrons. The van der Waals surface area contributed by atoms with Crippen molar-refractivity contribution in [2.24, 2.45) is 5.92 Å². The first-order valence-corrected chi connectivity index (χ1v) is 13.5. The van der Waals surface area contributed by atoms with Crippen LogP contribution in [0.2, 0.25) is 5.02 Å². The molecule has 39 heavy (non-hydrogen) atoms. The largest absolute Gasteiger partial charge is 0.394 e. The van der Waals surface area contributed by atoms with Crippen LogP contribution in [0, 0.1) is 24.2 Å². The SMILES string of the molecule is C=C/C(=C(\C=C/NC)NCC(C)c1ccc(NCC(C)C)c(Cl)c1)c1nc2c(C)cc(C#N)cc2[nH]1.C=CC. The third kappa shape index (κ3) is 8.80. The molecule has 0 amide bonds. The number of allylic oxidation sites excluding steroid dienone is 4. The Labute approximate surface area is 238 Å². The maximum absolute atomic E-state index is 9.32. The van der Waals surface area contributed by atoms with Gasteiger partial charge in [0.15, 0.2) is 0 Å². The van der Waals surface area contributed by atoms with Gasteiger partial charge in [-0.05, 0) is 73.4 Å². The molecule has 3 aromatic rings.